The third-order valence-electron chi connectivity index (χ3n) is 5.15. The first-order valence-corrected chi connectivity index (χ1v) is 9.43. The van der Waals surface area contributed by atoms with Gasteiger partial charge in [0.2, 0.25) is 0 Å². The van der Waals surface area contributed by atoms with Crippen LogP contribution in [0.4, 0.5) is 5.69 Å². The molecule has 138 valence electrons. The summed E-state index contributed by atoms with van der Waals surface area (Å²) in [5, 5.41) is 16.6. The third-order valence-corrected chi connectivity index (χ3v) is 5.39. The summed E-state index contributed by atoms with van der Waals surface area (Å²) in [5.41, 5.74) is 2.23. The van der Waals surface area contributed by atoms with Crippen LogP contribution in [-0.2, 0) is 0 Å². The Hall–Kier alpha value is -2.20. The van der Waals surface area contributed by atoms with Gasteiger partial charge in [0.25, 0.3) is 0 Å². The van der Waals surface area contributed by atoms with Gasteiger partial charge in [-0.25, -0.2) is 0 Å². The number of nitrogens with zero attached hydrogens (tertiary/aromatic N) is 1. The maximum absolute atomic E-state index is 9.35. The molecule has 0 spiro atoms. The first kappa shape index (κ1) is 18.6. The molecule has 3 rings (SSSR count). The number of hydrogen-bond donors (Lipinski definition) is 2. The standard InChI is InChI=1S/C21H25ClN2O2/c1-26-20-11-9-17(10-12-20)16-7-5-15(6-8-16)13-21(24-25)23-19-4-2-3-18(22)14-19/h2-4,9-12,14-16,25H,5-8,13H2,1H3,(H,23,24)/t15-,16+. The summed E-state index contributed by atoms with van der Waals surface area (Å²) in [6, 6.07) is 15.9. The summed E-state index contributed by atoms with van der Waals surface area (Å²) in [4.78, 5) is 0. The summed E-state index contributed by atoms with van der Waals surface area (Å²) >= 11 is 6.01. The van der Waals surface area contributed by atoms with Gasteiger partial charge in [0.15, 0.2) is 0 Å². The molecule has 4 nitrogen and oxygen atoms in total. The fourth-order valence-corrected chi connectivity index (χ4v) is 3.89. The fraction of sp³-hybridized carbons (Fsp3) is 0.381. The predicted molar refractivity (Wildman–Crippen MR) is 107 cm³/mol. The number of amidine groups is 1. The van der Waals surface area contributed by atoms with Crippen molar-refractivity contribution in [2.45, 2.75) is 38.0 Å². The molecule has 1 aliphatic carbocycles. The van der Waals surface area contributed by atoms with Crippen molar-refractivity contribution in [3.8, 4) is 5.75 Å². The van der Waals surface area contributed by atoms with Gasteiger partial charge in [-0.15, -0.1) is 0 Å². The maximum Gasteiger partial charge on any atom is 0.146 e. The molecule has 0 amide bonds. The minimum absolute atomic E-state index is 0.530. The highest BCUT2D eigenvalue weighted by Gasteiger charge is 2.23. The van der Waals surface area contributed by atoms with Gasteiger partial charge in [0.1, 0.15) is 11.6 Å². The van der Waals surface area contributed by atoms with Gasteiger partial charge < -0.3 is 15.3 Å². The Labute approximate surface area is 159 Å². The lowest BCUT2D eigenvalue weighted by atomic mass is 9.77. The molecule has 0 radical (unpaired) electrons. The molecule has 1 fully saturated rings. The largest absolute Gasteiger partial charge is 0.497 e. The molecule has 2 aromatic rings. The van der Waals surface area contributed by atoms with Crippen molar-refractivity contribution in [2.75, 3.05) is 12.4 Å². The Morgan fingerprint density at radius 1 is 1.15 bits per heavy atom. The monoisotopic (exact) mass is 372 g/mol. The third kappa shape index (κ3) is 4.92. The van der Waals surface area contributed by atoms with Crippen molar-refractivity contribution in [2.24, 2.45) is 11.1 Å². The molecule has 0 saturated heterocycles. The number of hydrogen-bond acceptors (Lipinski definition) is 3. The van der Waals surface area contributed by atoms with E-state index in [1.165, 1.54) is 5.56 Å². The average Bonchev–Trinajstić information content (AvgIpc) is 2.68. The topological polar surface area (TPSA) is 53.9 Å². The summed E-state index contributed by atoms with van der Waals surface area (Å²) in [5.74, 6) is 2.63. The van der Waals surface area contributed by atoms with Crippen LogP contribution in [0.25, 0.3) is 0 Å². The molecule has 0 bridgehead atoms. The average molecular weight is 373 g/mol. The number of nitrogens with one attached hydrogen (secondary N) is 1. The molecule has 0 aromatic heterocycles. The number of anilines is 1. The van der Waals surface area contributed by atoms with Gasteiger partial charge >= 0.3 is 0 Å². The Balaban J connectivity index is 1.52. The Kier molecular flexibility index (Phi) is 6.40. The van der Waals surface area contributed by atoms with Crippen molar-refractivity contribution in [1.82, 2.24) is 0 Å². The minimum atomic E-state index is 0.530. The van der Waals surface area contributed by atoms with Crippen LogP contribution < -0.4 is 10.1 Å². The summed E-state index contributed by atoms with van der Waals surface area (Å²) < 4.78 is 5.23. The number of rotatable bonds is 5. The normalized spacial score (nSPS) is 20.6. The van der Waals surface area contributed by atoms with Gasteiger partial charge in [0, 0.05) is 17.1 Å². The predicted octanol–water partition coefficient (Wildman–Crippen LogP) is 5.91. The number of halogens is 1. The Bertz CT molecular complexity index is 738. The van der Waals surface area contributed by atoms with Crippen LogP contribution in [0.5, 0.6) is 5.75 Å². The van der Waals surface area contributed by atoms with Gasteiger partial charge in [-0.05, 0) is 73.4 Å². The first-order valence-electron chi connectivity index (χ1n) is 9.05. The van der Waals surface area contributed by atoms with Crippen LogP contribution in [0.3, 0.4) is 0 Å². The van der Waals surface area contributed by atoms with Crippen LogP contribution in [0, 0.1) is 5.92 Å². The van der Waals surface area contributed by atoms with E-state index in [9.17, 15) is 5.21 Å². The smallest absolute Gasteiger partial charge is 0.146 e. The lowest BCUT2D eigenvalue weighted by Gasteiger charge is -2.29. The zero-order valence-corrected chi connectivity index (χ0v) is 15.7. The quantitative estimate of drug-likeness (QED) is 0.297. The van der Waals surface area contributed by atoms with Gasteiger partial charge in [-0.2, -0.15) is 0 Å². The second-order valence-corrected chi connectivity index (χ2v) is 7.31. The van der Waals surface area contributed by atoms with E-state index in [0.717, 1.165) is 43.5 Å². The highest BCUT2D eigenvalue weighted by molar-refractivity contribution is 6.30. The van der Waals surface area contributed by atoms with Gasteiger partial charge in [0.05, 0.1) is 7.11 Å². The zero-order valence-electron chi connectivity index (χ0n) is 15.0. The highest BCUT2D eigenvalue weighted by Crippen LogP contribution is 2.37. The molecule has 0 unspecified atom stereocenters. The molecule has 26 heavy (non-hydrogen) atoms. The van der Waals surface area contributed by atoms with Crippen molar-refractivity contribution < 1.29 is 9.94 Å². The van der Waals surface area contributed by atoms with E-state index in [0.29, 0.717) is 22.7 Å². The Morgan fingerprint density at radius 3 is 2.50 bits per heavy atom. The molecule has 0 atom stereocenters. The number of methoxy groups -OCH3 is 1. The van der Waals surface area contributed by atoms with E-state index >= 15 is 0 Å². The van der Waals surface area contributed by atoms with Crippen molar-refractivity contribution in [3.63, 3.8) is 0 Å². The van der Waals surface area contributed by atoms with E-state index in [1.54, 1.807) is 7.11 Å². The van der Waals surface area contributed by atoms with E-state index in [4.69, 9.17) is 16.3 Å². The second-order valence-electron chi connectivity index (χ2n) is 6.88. The molecule has 2 aromatic carbocycles. The molecular formula is C21H25ClN2O2. The van der Waals surface area contributed by atoms with Crippen LogP contribution in [0.1, 0.15) is 43.6 Å². The maximum atomic E-state index is 9.35. The lowest BCUT2D eigenvalue weighted by molar-refractivity contribution is 0.306. The fourth-order valence-electron chi connectivity index (χ4n) is 3.70. The lowest BCUT2D eigenvalue weighted by Crippen LogP contribution is -2.21. The molecule has 2 N–H and O–H groups in total. The molecule has 1 aliphatic rings. The Morgan fingerprint density at radius 2 is 1.88 bits per heavy atom. The van der Waals surface area contributed by atoms with Gasteiger partial charge in [-0.3, -0.25) is 0 Å². The summed E-state index contributed by atoms with van der Waals surface area (Å²) in [7, 11) is 1.69. The second kappa shape index (κ2) is 8.95. The van der Waals surface area contributed by atoms with Crippen LogP contribution in [-0.4, -0.2) is 18.2 Å². The molecule has 1 saturated carbocycles. The van der Waals surface area contributed by atoms with Crippen molar-refractivity contribution >= 4 is 23.1 Å². The first-order chi connectivity index (χ1) is 12.7. The van der Waals surface area contributed by atoms with Crippen LogP contribution >= 0.6 is 11.6 Å². The van der Waals surface area contributed by atoms with E-state index in [2.05, 4.69) is 22.6 Å². The summed E-state index contributed by atoms with van der Waals surface area (Å²) in [6.45, 7) is 0. The molecular weight excluding hydrogens is 348 g/mol. The van der Waals surface area contributed by atoms with Crippen LogP contribution in [0.15, 0.2) is 53.7 Å². The number of ether oxygens (including phenoxy) is 1. The highest BCUT2D eigenvalue weighted by atomic mass is 35.5. The number of benzene rings is 2. The SMILES string of the molecule is COc1ccc([C@H]2CC[C@@H](CC(=NO)Nc3cccc(Cl)c3)CC2)cc1. The molecule has 0 heterocycles. The minimum Gasteiger partial charge on any atom is -0.497 e. The zero-order chi connectivity index (χ0) is 18.4. The van der Waals surface area contributed by atoms with Crippen molar-refractivity contribution in [1.29, 1.82) is 0 Å². The van der Waals surface area contributed by atoms with E-state index in [-0.39, 0.29) is 0 Å². The van der Waals surface area contributed by atoms with E-state index in [1.807, 2.05) is 36.4 Å². The molecule has 0 aliphatic heterocycles. The number of oxime groups is 1. The summed E-state index contributed by atoms with van der Waals surface area (Å²) in [6.07, 6.45) is 5.33. The van der Waals surface area contributed by atoms with Crippen LogP contribution in [0.2, 0.25) is 5.02 Å². The van der Waals surface area contributed by atoms with Crippen molar-refractivity contribution in [3.05, 3.63) is 59.1 Å². The molecule has 5 heteroatoms. The van der Waals surface area contributed by atoms with E-state index < -0.39 is 0 Å². The van der Waals surface area contributed by atoms with Gasteiger partial charge in [-0.1, -0.05) is 35.0 Å².